The van der Waals surface area contributed by atoms with Crippen LogP contribution in [0.1, 0.15) is 30.6 Å². The van der Waals surface area contributed by atoms with Crippen molar-refractivity contribution in [3.8, 4) is 5.75 Å². The summed E-state index contributed by atoms with van der Waals surface area (Å²) in [4.78, 5) is 0. The van der Waals surface area contributed by atoms with E-state index in [0.29, 0.717) is 24.2 Å². The first kappa shape index (κ1) is 12.0. The molecular formula is C12H17FO2. The van der Waals surface area contributed by atoms with Crippen molar-refractivity contribution in [1.29, 1.82) is 0 Å². The zero-order chi connectivity index (χ0) is 11.3. The van der Waals surface area contributed by atoms with Gasteiger partial charge < -0.3 is 9.84 Å². The Kier molecular flexibility index (Phi) is 4.56. The Hall–Kier alpha value is -1.09. The molecule has 0 heterocycles. The third-order valence-corrected chi connectivity index (χ3v) is 2.36. The summed E-state index contributed by atoms with van der Waals surface area (Å²) >= 11 is 0. The fraction of sp³-hybridized carbons (Fsp3) is 0.500. The molecule has 1 aromatic carbocycles. The van der Waals surface area contributed by atoms with Crippen LogP contribution in [-0.2, 0) is 6.42 Å². The Balaban J connectivity index is 2.99. The molecule has 1 unspecified atom stereocenters. The van der Waals surface area contributed by atoms with Gasteiger partial charge in [-0.3, -0.25) is 0 Å². The Labute approximate surface area is 89.7 Å². The molecular weight excluding hydrogens is 195 g/mol. The number of benzene rings is 1. The van der Waals surface area contributed by atoms with Crippen LogP contribution in [0, 0.1) is 0 Å². The number of aliphatic hydroxyl groups is 1. The van der Waals surface area contributed by atoms with Gasteiger partial charge in [-0.25, -0.2) is 4.39 Å². The van der Waals surface area contributed by atoms with E-state index in [4.69, 9.17) is 9.84 Å². The van der Waals surface area contributed by atoms with Gasteiger partial charge in [-0.2, -0.15) is 0 Å². The highest BCUT2D eigenvalue weighted by molar-refractivity contribution is 5.42. The summed E-state index contributed by atoms with van der Waals surface area (Å²) in [6.07, 6.45) is 0.342. The smallest absolute Gasteiger partial charge is 0.128 e. The lowest BCUT2D eigenvalue weighted by molar-refractivity contribution is 0.287. The van der Waals surface area contributed by atoms with Crippen LogP contribution in [0.15, 0.2) is 18.2 Å². The summed E-state index contributed by atoms with van der Waals surface area (Å²) in [7, 11) is 1.55. The van der Waals surface area contributed by atoms with Crippen molar-refractivity contribution in [2.24, 2.45) is 0 Å². The summed E-state index contributed by atoms with van der Waals surface area (Å²) in [6, 6.07) is 5.45. The number of alkyl halides is 1. The molecule has 3 heteroatoms. The maximum Gasteiger partial charge on any atom is 0.128 e. The summed E-state index contributed by atoms with van der Waals surface area (Å²) in [6.45, 7) is 1.63. The second kappa shape index (κ2) is 5.71. The molecule has 0 aliphatic heterocycles. The van der Waals surface area contributed by atoms with Crippen LogP contribution >= 0.6 is 0 Å². The van der Waals surface area contributed by atoms with Crippen LogP contribution in [0.5, 0.6) is 5.75 Å². The molecule has 0 saturated heterocycles. The minimum atomic E-state index is -1.03. The van der Waals surface area contributed by atoms with Crippen LogP contribution < -0.4 is 4.74 Å². The van der Waals surface area contributed by atoms with E-state index >= 15 is 0 Å². The molecule has 0 radical (unpaired) electrons. The van der Waals surface area contributed by atoms with Crippen molar-refractivity contribution in [2.45, 2.75) is 25.9 Å². The second-order valence-corrected chi connectivity index (χ2v) is 3.48. The van der Waals surface area contributed by atoms with E-state index in [9.17, 15) is 4.39 Å². The summed E-state index contributed by atoms with van der Waals surface area (Å²) in [5.74, 6) is 0.612. The molecule has 1 atom stereocenters. The average molecular weight is 212 g/mol. The number of rotatable bonds is 5. The minimum absolute atomic E-state index is 0.137. The third-order valence-electron chi connectivity index (χ3n) is 2.36. The lowest BCUT2D eigenvalue weighted by atomic mass is 10.0. The van der Waals surface area contributed by atoms with Gasteiger partial charge >= 0.3 is 0 Å². The molecule has 1 rings (SSSR count). The Bertz CT molecular complexity index is 310. The molecule has 0 amide bonds. The van der Waals surface area contributed by atoms with Crippen LogP contribution in [0.4, 0.5) is 4.39 Å². The first-order valence-electron chi connectivity index (χ1n) is 5.11. The fourth-order valence-electron chi connectivity index (χ4n) is 1.63. The minimum Gasteiger partial charge on any atom is -0.496 e. The number of hydrogen-bond donors (Lipinski definition) is 1. The number of hydrogen-bond acceptors (Lipinski definition) is 2. The number of aryl methyl sites for hydroxylation is 1. The highest BCUT2D eigenvalue weighted by Crippen LogP contribution is 2.31. The quantitative estimate of drug-likeness (QED) is 0.813. The normalized spacial score (nSPS) is 12.5. The van der Waals surface area contributed by atoms with Crippen molar-refractivity contribution < 1.29 is 14.2 Å². The van der Waals surface area contributed by atoms with Gasteiger partial charge in [-0.05, 0) is 25.3 Å². The SMILES string of the molecule is COc1c(CCCO)cccc1C(C)F. The number of methoxy groups -OCH3 is 1. The molecule has 1 aromatic rings. The predicted octanol–water partition coefficient (Wildman–Crippen LogP) is 2.65. The van der Waals surface area contributed by atoms with Gasteiger partial charge in [-0.1, -0.05) is 18.2 Å². The van der Waals surface area contributed by atoms with Crippen LogP contribution in [-0.4, -0.2) is 18.8 Å². The van der Waals surface area contributed by atoms with Crippen molar-refractivity contribution in [3.63, 3.8) is 0 Å². The molecule has 0 bridgehead atoms. The number of aliphatic hydroxyl groups excluding tert-OH is 1. The first-order chi connectivity index (χ1) is 7.20. The predicted molar refractivity (Wildman–Crippen MR) is 57.9 cm³/mol. The molecule has 0 spiro atoms. The molecule has 0 aromatic heterocycles. The maximum atomic E-state index is 13.3. The summed E-state index contributed by atoms with van der Waals surface area (Å²) < 4.78 is 18.5. The highest BCUT2D eigenvalue weighted by atomic mass is 19.1. The monoisotopic (exact) mass is 212 g/mol. The van der Waals surface area contributed by atoms with Gasteiger partial charge in [0, 0.05) is 12.2 Å². The topological polar surface area (TPSA) is 29.5 Å². The van der Waals surface area contributed by atoms with Crippen molar-refractivity contribution in [1.82, 2.24) is 0 Å². The molecule has 0 aliphatic carbocycles. The van der Waals surface area contributed by atoms with E-state index in [1.807, 2.05) is 12.1 Å². The Morgan fingerprint density at radius 2 is 2.20 bits per heavy atom. The largest absolute Gasteiger partial charge is 0.496 e. The van der Waals surface area contributed by atoms with Gasteiger partial charge in [0.2, 0.25) is 0 Å². The van der Waals surface area contributed by atoms with Gasteiger partial charge in [0.25, 0.3) is 0 Å². The molecule has 15 heavy (non-hydrogen) atoms. The zero-order valence-electron chi connectivity index (χ0n) is 9.16. The third kappa shape index (κ3) is 2.93. The lowest BCUT2D eigenvalue weighted by Gasteiger charge is -2.13. The molecule has 0 aliphatic rings. The fourth-order valence-corrected chi connectivity index (χ4v) is 1.63. The average Bonchev–Trinajstić information content (AvgIpc) is 2.25. The van der Waals surface area contributed by atoms with Crippen molar-refractivity contribution >= 4 is 0 Å². The summed E-state index contributed by atoms with van der Waals surface area (Å²) in [5, 5.41) is 8.75. The molecule has 1 N–H and O–H groups in total. The van der Waals surface area contributed by atoms with Gasteiger partial charge in [-0.15, -0.1) is 0 Å². The maximum absolute atomic E-state index is 13.3. The van der Waals surface area contributed by atoms with Crippen LogP contribution in [0.2, 0.25) is 0 Å². The van der Waals surface area contributed by atoms with Crippen molar-refractivity contribution in [2.75, 3.05) is 13.7 Å². The molecule has 0 saturated carbocycles. The number of para-hydroxylation sites is 1. The highest BCUT2D eigenvalue weighted by Gasteiger charge is 2.13. The number of halogens is 1. The zero-order valence-corrected chi connectivity index (χ0v) is 9.16. The Morgan fingerprint density at radius 3 is 2.73 bits per heavy atom. The lowest BCUT2D eigenvalue weighted by Crippen LogP contribution is -1.99. The number of ether oxygens (including phenoxy) is 1. The first-order valence-corrected chi connectivity index (χ1v) is 5.11. The van der Waals surface area contributed by atoms with Gasteiger partial charge in [0.1, 0.15) is 11.9 Å². The van der Waals surface area contributed by atoms with E-state index in [1.165, 1.54) is 6.92 Å². The van der Waals surface area contributed by atoms with Crippen LogP contribution in [0.25, 0.3) is 0 Å². The Morgan fingerprint density at radius 1 is 1.47 bits per heavy atom. The summed E-state index contributed by atoms with van der Waals surface area (Å²) in [5.41, 5.74) is 1.53. The van der Waals surface area contributed by atoms with Gasteiger partial charge in [0.05, 0.1) is 7.11 Å². The molecule has 2 nitrogen and oxygen atoms in total. The second-order valence-electron chi connectivity index (χ2n) is 3.48. The van der Waals surface area contributed by atoms with E-state index < -0.39 is 6.17 Å². The van der Waals surface area contributed by atoms with E-state index in [2.05, 4.69) is 0 Å². The van der Waals surface area contributed by atoms with Crippen molar-refractivity contribution in [3.05, 3.63) is 29.3 Å². The van der Waals surface area contributed by atoms with Gasteiger partial charge in [0.15, 0.2) is 0 Å². The van der Waals surface area contributed by atoms with E-state index in [0.717, 1.165) is 5.56 Å². The standard InChI is InChI=1S/C12H17FO2/c1-9(13)11-7-3-5-10(6-4-8-14)12(11)15-2/h3,5,7,9,14H,4,6,8H2,1-2H3. The molecule has 84 valence electrons. The van der Waals surface area contributed by atoms with E-state index in [1.54, 1.807) is 13.2 Å². The van der Waals surface area contributed by atoms with E-state index in [-0.39, 0.29) is 6.61 Å². The van der Waals surface area contributed by atoms with Crippen LogP contribution in [0.3, 0.4) is 0 Å². The molecule has 0 fully saturated rings.